The van der Waals surface area contributed by atoms with Crippen LogP contribution in [0.2, 0.25) is 0 Å². The third-order valence-electron chi connectivity index (χ3n) is 3.44. The van der Waals surface area contributed by atoms with Crippen molar-refractivity contribution in [1.82, 2.24) is 24.9 Å². The Morgan fingerprint density at radius 2 is 2.00 bits per heavy atom. The van der Waals surface area contributed by atoms with Gasteiger partial charge in [0, 0.05) is 26.7 Å². The molecule has 0 amide bonds. The van der Waals surface area contributed by atoms with E-state index in [1.807, 2.05) is 0 Å². The monoisotopic (exact) mass is 315 g/mol. The Kier molecular flexibility index (Phi) is 5.03. The van der Waals surface area contributed by atoms with Crippen molar-refractivity contribution in [2.45, 2.75) is 50.6 Å². The second-order valence-electron chi connectivity index (χ2n) is 5.79. The summed E-state index contributed by atoms with van der Waals surface area (Å²) >= 11 is 0. The van der Waals surface area contributed by atoms with Gasteiger partial charge in [-0.05, 0) is 39.7 Å². The van der Waals surface area contributed by atoms with Crippen molar-refractivity contribution in [3.63, 3.8) is 0 Å². The van der Waals surface area contributed by atoms with Gasteiger partial charge in [-0.1, -0.05) is 0 Å². The molecule has 1 saturated carbocycles. The normalized spacial score (nSPS) is 15.9. The zero-order valence-electron chi connectivity index (χ0n) is 13.2. The maximum atomic E-state index is 12.3. The van der Waals surface area contributed by atoms with Crippen molar-refractivity contribution < 1.29 is 8.42 Å². The fraction of sp³-hybridized carbons (Fsp3) is 0.769. The topological polar surface area (TPSA) is 79.3 Å². The Bertz CT molecular complexity index is 590. The fourth-order valence-corrected chi connectivity index (χ4v) is 3.89. The van der Waals surface area contributed by atoms with Gasteiger partial charge in [-0.15, -0.1) is 4.83 Å². The molecule has 2 rings (SSSR count). The molecule has 0 bridgehead atoms. The fourth-order valence-electron chi connectivity index (χ4n) is 2.40. The van der Waals surface area contributed by atoms with E-state index >= 15 is 0 Å². The van der Waals surface area contributed by atoms with Gasteiger partial charge in [0.1, 0.15) is 4.90 Å². The van der Waals surface area contributed by atoms with Crippen LogP contribution in [0.3, 0.4) is 0 Å². The van der Waals surface area contributed by atoms with E-state index < -0.39 is 10.0 Å². The van der Waals surface area contributed by atoms with Crippen LogP contribution in [0.15, 0.2) is 4.90 Å². The first-order valence-corrected chi connectivity index (χ1v) is 8.76. The van der Waals surface area contributed by atoms with Crippen LogP contribution in [-0.4, -0.2) is 49.9 Å². The predicted molar refractivity (Wildman–Crippen MR) is 81.4 cm³/mol. The van der Waals surface area contributed by atoms with Crippen molar-refractivity contribution in [2.75, 3.05) is 20.6 Å². The maximum Gasteiger partial charge on any atom is 0.257 e. The molecule has 120 valence electrons. The number of aromatic nitrogens is 2. The first-order chi connectivity index (χ1) is 9.81. The largest absolute Gasteiger partial charge is 0.314 e. The summed E-state index contributed by atoms with van der Waals surface area (Å²) in [5, 5.41) is 9.23. The smallest absolute Gasteiger partial charge is 0.257 e. The second kappa shape index (κ2) is 6.43. The molecule has 0 unspecified atom stereocenters. The summed E-state index contributed by atoms with van der Waals surface area (Å²) in [7, 11) is -0.259. The van der Waals surface area contributed by atoms with E-state index in [4.69, 9.17) is 0 Å². The number of rotatable bonds is 8. The average molecular weight is 315 g/mol. The van der Waals surface area contributed by atoms with E-state index in [0.717, 1.165) is 19.5 Å². The Hall–Kier alpha value is -0.960. The second-order valence-corrected chi connectivity index (χ2v) is 7.39. The van der Waals surface area contributed by atoms with Gasteiger partial charge in [-0.2, -0.15) is 5.10 Å². The van der Waals surface area contributed by atoms with Crippen molar-refractivity contribution >= 4 is 10.0 Å². The first kappa shape index (κ1) is 16.4. The van der Waals surface area contributed by atoms with Gasteiger partial charge in [0.15, 0.2) is 0 Å². The van der Waals surface area contributed by atoms with Crippen LogP contribution in [0.25, 0.3) is 0 Å². The third kappa shape index (κ3) is 4.26. The lowest BCUT2D eigenvalue weighted by molar-refractivity contribution is 0.363. The van der Waals surface area contributed by atoms with Crippen LogP contribution in [0.5, 0.6) is 0 Å². The highest BCUT2D eigenvalue weighted by molar-refractivity contribution is 7.89. The zero-order valence-corrected chi connectivity index (χ0v) is 14.0. The number of hydrazine groups is 1. The molecule has 1 fully saturated rings. The Balaban J connectivity index is 2.05. The van der Waals surface area contributed by atoms with Crippen LogP contribution in [0.4, 0.5) is 0 Å². The van der Waals surface area contributed by atoms with Gasteiger partial charge in [0.25, 0.3) is 10.0 Å². The van der Waals surface area contributed by atoms with Crippen molar-refractivity contribution in [3.8, 4) is 0 Å². The van der Waals surface area contributed by atoms with E-state index in [-0.39, 0.29) is 4.90 Å². The molecular weight excluding hydrogens is 290 g/mol. The summed E-state index contributed by atoms with van der Waals surface area (Å²) in [5.41, 5.74) is 1.23. The van der Waals surface area contributed by atoms with Crippen molar-refractivity contribution in [3.05, 3.63) is 11.4 Å². The SMILES string of the molecule is Cc1nn(CCCNC2CC2)c(C)c1S(=O)(=O)NN(C)C. The van der Waals surface area contributed by atoms with Gasteiger partial charge < -0.3 is 5.32 Å². The first-order valence-electron chi connectivity index (χ1n) is 7.28. The zero-order chi connectivity index (χ0) is 15.6. The molecule has 0 radical (unpaired) electrons. The van der Waals surface area contributed by atoms with Crippen LogP contribution >= 0.6 is 0 Å². The lowest BCUT2D eigenvalue weighted by atomic mass is 10.3. The predicted octanol–water partition coefficient (Wildman–Crippen LogP) is 0.397. The molecule has 1 aromatic rings. The van der Waals surface area contributed by atoms with Crippen LogP contribution in [0.1, 0.15) is 30.7 Å². The summed E-state index contributed by atoms with van der Waals surface area (Å²) in [6.45, 7) is 5.21. The summed E-state index contributed by atoms with van der Waals surface area (Å²) in [6.07, 6.45) is 3.50. The van der Waals surface area contributed by atoms with Gasteiger partial charge in [-0.25, -0.2) is 13.4 Å². The lowest BCUT2D eigenvalue weighted by Gasteiger charge is -2.12. The number of hydrogen-bond acceptors (Lipinski definition) is 5. The minimum absolute atomic E-state index is 0.284. The molecule has 0 atom stereocenters. The van der Waals surface area contributed by atoms with Gasteiger partial charge in [-0.3, -0.25) is 4.68 Å². The number of aryl methyl sites for hydroxylation is 2. The van der Waals surface area contributed by atoms with E-state index in [1.165, 1.54) is 17.9 Å². The summed E-state index contributed by atoms with van der Waals surface area (Å²) in [6, 6.07) is 0.700. The lowest BCUT2D eigenvalue weighted by Crippen LogP contribution is -2.36. The molecule has 2 N–H and O–H groups in total. The van der Waals surface area contributed by atoms with E-state index in [2.05, 4.69) is 15.2 Å². The molecule has 0 saturated heterocycles. The molecule has 1 aliphatic carbocycles. The maximum absolute atomic E-state index is 12.3. The van der Waals surface area contributed by atoms with E-state index in [0.29, 0.717) is 17.4 Å². The molecule has 0 aromatic carbocycles. The van der Waals surface area contributed by atoms with Gasteiger partial charge in [0.2, 0.25) is 0 Å². The number of nitrogens with one attached hydrogen (secondary N) is 2. The van der Waals surface area contributed by atoms with Crippen LogP contribution in [0, 0.1) is 13.8 Å². The van der Waals surface area contributed by atoms with Crippen molar-refractivity contribution in [2.24, 2.45) is 0 Å². The molecule has 8 heteroatoms. The molecule has 1 heterocycles. The molecule has 21 heavy (non-hydrogen) atoms. The highest BCUT2D eigenvalue weighted by Gasteiger charge is 2.25. The van der Waals surface area contributed by atoms with E-state index in [9.17, 15) is 8.42 Å². The van der Waals surface area contributed by atoms with Crippen molar-refractivity contribution in [1.29, 1.82) is 0 Å². The van der Waals surface area contributed by atoms with Crippen LogP contribution in [-0.2, 0) is 16.6 Å². The summed E-state index contributed by atoms with van der Waals surface area (Å²) < 4.78 is 26.4. The Morgan fingerprint density at radius 1 is 1.33 bits per heavy atom. The minimum atomic E-state index is -3.56. The molecule has 7 nitrogen and oxygen atoms in total. The molecule has 1 aromatic heterocycles. The Labute approximate surface area is 126 Å². The number of hydrogen-bond donors (Lipinski definition) is 2. The molecular formula is C13H25N5O2S. The van der Waals surface area contributed by atoms with Gasteiger partial charge in [0.05, 0.1) is 11.4 Å². The number of nitrogens with zero attached hydrogens (tertiary/aromatic N) is 3. The highest BCUT2D eigenvalue weighted by Crippen LogP contribution is 2.20. The molecule has 1 aliphatic rings. The minimum Gasteiger partial charge on any atom is -0.314 e. The van der Waals surface area contributed by atoms with E-state index in [1.54, 1.807) is 32.6 Å². The van der Waals surface area contributed by atoms with Crippen LogP contribution < -0.4 is 10.1 Å². The quantitative estimate of drug-likeness (QED) is 0.536. The Morgan fingerprint density at radius 3 is 2.57 bits per heavy atom. The summed E-state index contributed by atoms with van der Waals surface area (Å²) in [5.74, 6) is 0. The summed E-state index contributed by atoms with van der Waals surface area (Å²) in [4.78, 5) is 2.74. The molecule has 0 spiro atoms. The third-order valence-corrected chi connectivity index (χ3v) is 5.18. The standard InChI is InChI=1S/C13H25N5O2S/c1-10-13(21(19,20)16-17(3)4)11(2)18(15-10)9-5-8-14-12-6-7-12/h12,14,16H,5-9H2,1-4H3. The average Bonchev–Trinajstić information content (AvgIpc) is 3.10. The van der Waals surface area contributed by atoms with Gasteiger partial charge >= 0.3 is 0 Å². The highest BCUT2D eigenvalue weighted by atomic mass is 32.2. The number of sulfonamides is 1. The molecule has 0 aliphatic heterocycles.